The molecule has 0 bridgehead atoms. The third-order valence-electron chi connectivity index (χ3n) is 10.5. The molecule has 1 rings (SSSR count). The van der Waals surface area contributed by atoms with E-state index in [0.717, 1.165) is 0 Å². The van der Waals surface area contributed by atoms with E-state index in [0.29, 0.717) is 0 Å². The molecule has 0 saturated heterocycles. The van der Waals surface area contributed by atoms with Gasteiger partial charge in [-0.15, -0.1) is 0 Å². The zero-order valence-electron chi connectivity index (χ0n) is 32.1. The van der Waals surface area contributed by atoms with Gasteiger partial charge in [0, 0.05) is 0 Å². The first-order valence-electron chi connectivity index (χ1n) is 21.9. The van der Waals surface area contributed by atoms with Crippen molar-refractivity contribution < 1.29 is 0 Å². The lowest BCUT2D eigenvalue weighted by atomic mass is 9.99. The highest BCUT2D eigenvalue weighted by Crippen LogP contribution is 2.18. The minimum absolute atomic E-state index is 1.25. The molecular formula is C46H85. The van der Waals surface area contributed by atoms with Crippen molar-refractivity contribution in [1.29, 1.82) is 0 Å². The van der Waals surface area contributed by atoms with Crippen LogP contribution < -0.4 is 0 Å². The Balaban J connectivity index is 1.82. The van der Waals surface area contributed by atoms with E-state index in [9.17, 15) is 0 Å². The molecule has 0 unspecified atom stereocenters. The van der Waals surface area contributed by atoms with E-state index >= 15 is 0 Å². The second-order valence-electron chi connectivity index (χ2n) is 15.3. The van der Waals surface area contributed by atoms with Crippen LogP contribution >= 0.6 is 0 Å². The van der Waals surface area contributed by atoms with Crippen LogP contribution in [-0.4, -0.2) is 0 Å². The SMILES string of the molecule is CCCCCCCCCCCCCCCCCCCCc1c[c]cc(CCCCCCCCCCCCCCCCCCCC)c1. The summed E-state index contributed by atoms with van der Waals surface area (Å²) in [7, 11) is 0. The molecular weight excluding hydrogens is 553 g/mol. The molecule has 0 heteroatoms. The Kier molecular flexibility index (Phi) is 34.8. The summed E-state index contributed by atoms with van der Waals surface area (Å²) in [6.45, 7) is 4.62. The van der Waals surface area contributed by atoms with Crippen molar-refractivity contribution in [2.24, 2.45) is 0 Å². The van der Waals surface area contributed by atoms with Crippen molar-refractivity contribution in [2.75, 3.05) is 0 Å². The number of rotatable bonds is 38. The molecule has 0 aliphatic carbocycles. The quantitative estimate of drug-likeness (QED) is 0.0633. The van der Waals surface area contributed by atoms with Crippen molar-refractivity contribution in [3.8, 4) is 0 Å². The molecule has 0 nitrogen and oxygen atoms in total. The maximum absolute atomic E-state index is 3.45. The molecule has 1 aromatic rings. The van der Waals surface area contributed by atoms with Gasteiger partial charge in [0.15, 0.2) is 0 Å². The van der Waals surface area contributed by atoms with Gasteiger partial charge >= 0.3 is 0 Å². The first kappa shape index (κ1) is 43.2. The highest BCUT2D eigenvalue weighted by Gasteiger charge is 2.00. The highest BCUT2D eigenvalue weighted by atomic mass is 14.1. The van der Waals surface area contributed by atoms with Crippen LogP contribution in [0.2, 0.25) is 0 Å². The van der Waals surface area contributed by atoms with Gasteiger partial charge in [-0.25, -0.2) is 0 Å². The van der Waals surface area contributed by atoms with E-state index in [2.05, 4.69) is 38.1 Å². The summed E-state index contributed by atoms with van der Waals surface area (Å²) in [5, 5.41) is 0. The van der Waals surface area contributed by atoms with Crippen molar-refractivity contribution in [3.63, 3.8) is 0 Å². The van der Waals surface area contributed by atoms with Gasteiger partial charge < -0.3 is 0 Å². The van der Waals surface area contributed by atoms with E-state index < -0.39 is 0 Å². The molecule has 1 aromatic carbocycles. The number of benzene rings is 1. The van der Waals surface area contributed by atoms with E-state index in [4.69, 9.17) is 0 Å². The summed E-state index contributed by atoms with van der Waals surface area (Å²) >= 11 is 0. The van der Waals surface area contributed by atoms with Gasteiger partial charge in [0.05, 0.1) is 0 Å². The molecule has 0 atom stereocenters. The molecule has 0 aliphatic heterocycles. The maximum atomic E-state index is 3.45. The van der Waals surface area contributed by atoms with Gasteiger partial charge in [0.25, 0.3) is 0 Å². The number of aryl methyl sites for hydroxylation is 2. The monoisotopic (exact) mass is 638 g/mol. The fourth-order valence-corrected chi connectivity index (χ4v) is 7.33. The number of unbranched alkanes of at least 4 members (excludes halogenated alkanes) is 34. The summed E-state index contributed by atoms with van der Waals surface area (Å²) in [5.41, 5.74) is 3.05. The lowest BCUT2D eigenvalue weighted by Gasteiger charge is -2.07. The minimum atomic E-state index is 1.25. The van der Waals surface area contributed by atoms with Crippen LogP contribution in [-0.2, 0) is 12.8 Å². The molecule has 0 amide bonds. The molecule has 0 saturated carbocycles. The number of hydrogen-bond acceptors (Lipinski definition) is 0. The maximum Gasteiger partial charge on any atom is -0.0178 e. The molecule has 1 radical (unpaired) electrons. The molecule has 0 spiro atoms. The van der Waals surface area contributed by atoms with Crippen LogP contribution in [0.5, 0.6) is 0 Å². The Hall–Kier alpha value is -0.780. The second kappa shape index (κ2) is 37.0. The van der Waals surface area contributed by atoms with Gasteiger partial charge in [-0.2, -0.15) is 0 Å². The van der Waals surface area contributed by atoms with Crippen molar-refractivity contribution in [3.05, 3.63) is 35.4 Å². The standard InChI is InChI=1S/C46H85/c1-3-5-7-9-11-13-15-17-19-21-23-25-27-29-31-33-35-37-40-45-42-39-43-46(44-45)41-38-36-34-32-30-28-26-24-22-20-18-16-14-12-10-8-6-4-2/h42-44H,3-38,40-41H2,1-2H3. The predicted molar refractivity (Wildman–Crippen MR) is 210 cm³/mol. The van der Waals surface area contributed by atoms with Gasteiger partial charge in [0.1, 0.15) is 0 Å². The van der Waals surface area contributed by atoms with E-state index in [1.807, 2.05) is 0 Å². The largest absolute Gasteiger partial charge is 0.0654 e. The average Bonchev–Trinajstić information content (AvgIpc) is 3.07. The summed E-state index contributed by atoms with van der Waals surface area (Å²) in [6, 6.07) is 10.4. The molecule has 0 aliphatic rings. The van der Waals surface area contributed by atoms with Gasteiger partial charge in [-0.3, -0.25) is 0 Å². The normalized spacial score (nSPS) is 11.5. The van der Waals surface area contributed by atoms with Crippen molar-refractivity contribution in [1.82, 2.24) is 0 Å². The predicted octanol–water partition coefficient (Wildman–Crippen LogP) is 16.7. The first-order valence-corrected chi connectivity index (χ1v) is 21.9. The van der Waals surface area contributed by atoms with Crippen LogP contribution in [0.25, 0.3) is 0 Å². The van der Waals surface area contributed by atoms with Crippen LogP contribution in [0.3, 0.4) is 0 Å². The van der Waals surface area contributed by atoms with Gasteiger partial charge in [-0.1, -0.05) is 250 Å². The molecule has 0 heterocycles. The van der Waals surface area contributed by atoms with Crippen molar-refractivity contribution >= 4 is 0 Å². The van der Waals surface area contributed by atoms with Crippen LogP contribution in [0.1, 0.15) is 256 Å². The smallest absolute Gasteiger partial charge is 0.0178 e. The van der Waals surface area contributed by atoms with Crippen molar-refractivity contribution in [2.45, 2.75) is 258 Å². The lowest BCUT2D eigenvalue weighted by Crippen LogP contribution is -1.91. The second-order valence-corrected chi connectivity index (χ2v) is 15.3. The minimum Gasteiger partial charge on any atom is -0.0654 e. The van der Waals surface area contributed by atoms with E-state index in [1.165, 1.54) is 255 Å². The van der Waals surface area contributed by atoms with Crippen LogP contribution in [0, 0.1) is 6.07 Å². The Morgan fingerprint density at radius 2 is 0.478 bits per heavy atom. The summed E-state index contributed by atoms with van der Waals surface area (Å²) in [5.74, 6) is 0. The Morgan fingerprint density at radius 3 is 0.696 bits per heavy atom. The fraction of sp³-hybridized carbons (Fsp3) is 0.870. The zero-order valence-corrected chi connectivity index (χ0v) is 32.1. The summed E-state index contributed by atoms with van der Waals surface area (Å²) in [4.78, 5) is 0. The van der Waals surface area contributed by atoms with E-state index in [-0.39, 0.29) is 0 Å². The average molecular weight is 638 g/mol. The fourth-order valence-electron chi connectivity index (χ4n) is 7.33. The first-order chi connectivity index (χ1) is 22.9. The van der Waals surface area contributed by atoms with Crippen LogP contribution in [0.4, 0.5) is 0 Å². The van der Waals surface area contributed by atoms with E-state index in [1.54, 1.807) is 0 Å². The topological polar surface area (TPSA) is 0 Å². The Bertz CT molecular complexity index is 634. The Morgan fingerprint density at radius 1 is 0.283 bits per heavy atom. The molecule has 46 heavy (non-hydrogen) atoms. The highest BCUT2D eigenvalue weighted by molar-refractivity contribution is 5.22. The third-order valence-corrected chi connectivity index (χ3v) is 10.5. The Labute approximate surface area is 292 Å². The molecule has 0 aromatic heterocycles. The lowest BCUT2D eigenvalue weighted by molar-refractivity contribution is 0.525. The zero-order chi connectivity index (χ0) is 32.9. The van der Waals surface area contributed by atoms with Gasteiger partial charge in [-0.05, 0) is 42.9 Å². The molecule has 0 fully saturated rings. The molecule has 269 valence electrons. The van der Waals surface area contributed by atoms with Gasteiger partial charge in [0.2, 0.25) is 0 Å². The summed E-state index contributed by atoms with van der Waals surface area (Å²) < 4.78 is 0. The number of hydrogen-bond donors (Lipinski definition) is 0. The molecule has 0 N–H and O–H groups in total. The summed E-state index contributed by atoms with van der Waals surface area (Å²) in [6.07, 6.45) is 54.8. The van der Waals surface area contributed by atoms with Crippen LogP contribution in [0.15, 0.2) is 18.2 Å². The third kappa shape index (κ3) is 31.8.